The van der Waals surface area contributed by atoms with E-state index in [2.05, 4.69) is 5.32 Å². The Morgan fingerprint density at radius 3 is 2.74 bits per heavy atom. The van der Waals surface area contributed by atoms with E-state index in [0.29, 0.717) is 11.1 Å². The summed E-state index contributed by atoms with van der Waals surface area (Å²) in [5.74, 6) is -2.54. The average molecular weight is 412 g/mol. The van der Waals surface area contributed by atoms with E-state index < -0.39 is 35.2 Å². The Labute approximate surface area is 162 Å². The first-order valence-electron chi connectivity index (χ1n) is 7.87. The van der Waals surface area contributed by atoms with Crippen molar-refractivity contribution in [1.29, 1.82) is 0 Å². The standard InChI is InChI=1S/C16H16N2O7S2/c1-7(19)25-5-9-6-27-14-11(13(21)18(14)12(9)15(22)23)17-10(20)4-8-2-3-26-16(8)24/h2-3,11,14,24H,4-6H2,1H3,(H,17,20)(H,22,23)/t11-,14-/m1/s1. The normalized spacial score (nSPS) is 21.4. The van der Waals surface area contributed by atoms with Crippen molar-refractivity contribution in [3.8, 4) is 5.06 Å². The number of carbonyl (C=O) groups excluding carboxylic acids is 3. The Morgan fingerprint density at radius 1 is 1.41 bits per heavy atom. The lowest BCUT2D eigenvalue weighted by molar-refractivity contribution is -0.151. The SMILES string of the molecule is CC(=O)OCC1=C(C(=O)O)N2C(=O)[C@@H](NC(=O)Cc3ccsc3O)[C@H]2SC1. The van der Waals surface area contributed by atoms with E-state index in [9.17, 15) is 29.4 Å². The largest absolute Gasteiger partial charge is 0.499 e. The van der Waals surface area contributed by atoms with Gasteiger partial charge in [-0.05, 0) is 11.4 Å². The smallest absolute Gasteiger partial charge is 0.352 e. The molecule has 9 nitrogen and oxygen atoms in total. The number of ether oxygens (including phenoxy) is 1. The van der Waals surface area contributed by atoms with Crippen molar-refractivity contribution >= 4 is 46.9 Å². The number of nitrogens with zero attached hydrogens (tertiary/aromatic N) is 1. The number of fused-ring (bicyclic) bond motifs is 1. The molecular weight excluding hydrogens is 396 g/mol. The first-order chi connectivity index (χ1) is 12.8. The number of carbonyl (C=O) groups is 4. The number of hydrogen-bond acceptors (Lipinski definition) is 8. The van der Waals surface area contributed by atoms with Crippen LogP contribution >= 0.6 is 23.1 Å². The summed E-state index contributed by atoms with van der Waals surface area (Å²) in [6.07, 6.45) is -0.0736. The number of thioether (sulfide) groups is 1. The quantitative estimate of drug-likeness (QED) is 0.449. The van der Waals surface area contributed by atoms with Crippen LogP contribution in [-0.4, -0.2) is 62.6 Å². The summed E-state index contributed by atoms with van der Waals surface area (Å²) in [5.41, 5.74) is 0.596. The third-order valence-electron chi connectivity index (χ3n) is 4.09. The molecule has 1 fully saturated rings. The van der Waals surface area contributed by atoms with Crippen LogP contribution in [0.3, 0.4) is 0 Å². The van der Waals surface area contributed by atoms with Gasteiger partial charge in [0.15, 0.2) is 5.06 Å². The Bertz CT molecular complexity index is 848. The van der Waals surface area contributed by atoms with E-state index in [1.54, 1.807) is 11.4 Å². The number of carboxylic acid groups (broad SMARTS) is 1. The van der Waals surface area contributed by atoms with Crippen LogP contribution in [0.1, 0.15) is 12.5 Å². The molecule has 11 heteroatoms. The van der Waals surface area contributed by atoms with Crippen LogP contribution in [0.15, 0.2) is 22.7 Å². The highest BCUT2D eigenvalue weighted by atomic mass is 32.2. The summed E-state index contributed by atoms with van der Waals surface area (Å²) < 4.78 is 4.86. The van der Waals surface area contributed by atoms with Crippen molar-refractivity contribution in [1.82, 2.24) is 10.2 Å². The molecule has 1 saturated heterocycles. The average Bonchev–Trinajstić information content (AvgIpc) is 3.01. The van der Waals surface area contributed by atoms with E-state index in [1.807, 2.05) is 0 Å². The summed E-state index contributed by atoms with van der Waals surface area (Å²) in [4.78, 5) is 48.3. The van der Waals surface area contributed by atoms with Crippen LogP contribution in [0, 0.1) is 0 Å². The number of thiophene rings is 1. The molecule has 0 unspecified atom stereocenters. The van der Waals surface area contributed by atoms with E-state index in [0.717, 1.165) is 16.2 Å². The van der Waals surface area contributed by atoms with Gasteiger partial charge >= 0.3 is 11.9 Å². The van der Waals surface area contributed by atoms with Crippen LogP contribution in [0.4, 0.5) is 0 Å². The molecule has 1 aromatic heterocycles. The van der Waals surface area contributed by atoms with Crippen LogP contribution in [0.25, 0.3) is 0 Å². The lowest BCUT2D eigenvalue weighted by Crippen LogP contribution is -2.70. The Morgan fingerprint density at radius 2 is 2.15 bits per heavy atom. The molecule has 3 rings (SSSR count). The third kappa shape index (κ3) is 3.78. The number of rotatable bonds is 6. The molecule has 0 aliphatic carbocycles. The molecule has 0 bridgehead atoms. The van der Waals surface area contributed by atoms with Crippen molar-refractivity contribution < 1.29 is 34.1 Å². The van der Waals surface area contributed by atoms with Crippen LogP contribution in [-0.2, 0) is 30.3 Å². The zero-order chi connectivity index (χ0) is 19.7. The van der Waals surface area contributed by atoms with Gasteiger partial charge in [0.25, 0.3) is 5.91 Å². The fourth-order valence-electron chi connectivity index (χ4n) is 2.84. The summed E-state index contributed by atoms with van der Waals surface area (Å²) in [6.45, 7) is 1.01. The lowest BCUT2D eigenvalue weighted by atomic mass is 10.0. The number of nitrogens with one attached hydrogen (secondary N) is 1. The van der Waals surface area contributed by atoms with Gasteiger partial charge in [-0.2, -0.15) is 0 Å². The molecule has 2 aliphatic rings. The molecule has 3 N–H and O–H groups in total. The summed E-state index contributed by atoms with van der Waals surface area (Å²) in [5, 5.41) is 22.8. The predicted octanol–water partition coefficient (Wildman–Crippen LogP) is 0.298. The maximum Gasteiger partial charge on any atom is 0.352 e. The molecule has 1 aromatic rings. The third-order valence-corrected chi connectivity index (χ3v) is 6.19. The second-order valence-electron chi connectivity index (χ2n) is 5.92. The summed E-state index contributed by atoms with van der Waals surface area (Å²) >= 11 is 2.39. The highest BCUT2D eigenvalue weighted by molar-refractivity contribution is 8.00. The van der Waals surface area contributed by atoms with Crippen molar-refractivity contribution in [3.63, 3.8) is 0 Å². The van der Waals surface area contributed by atoms with Crippen molar-refractivity contribution in [2.24, 2.45) is 0 Å². The zero-order valence-electron chi connectivity index (χ0n) is 14.1. The maximum absolute atomic E-state index is 12.4. The van der Waals surface area contributed by atoms with Crippen LogP contribution in [0.5, 0.6) is 5.06 Å². The number of aliphatic carboxylic acids is 1. The first-order valence-corrected chi connectivity index (χ1v) is 9.80. The number of carboxylic acids is 1. The number of amides is 2. The van der Waals surface area contributed by atoms with Gasteiger partial charge in [0.05, 0.1) is 6.42 Å². The lowest BCUT2D eigenvalue weighted by Gasteiger charge is -2.49. The van der Waals surface area contributed by atoms with Crippen molar-refractivity contribution in [2.75, 3.05) is 12.4 Å². The molecule has 27 heavy (non-hydrogen) atoms. The van der Waals surface area contributed by atoms with E-state index in [-0.39, 0.29) is 29.5 Å². The summed E-state index contributed by atoms with van der Waals surface area (Å²) in [6, 6.07) is 0.782. The second-order valence-corrected chi connectivity index (χ2v) is 7.92. The minimum absolute atomic E-state index is 0.0463. The van der Waals surface area contributed by atoms with Crippen LogP contribution in [0.2, 0.25) is 0 Å². The monoisotopic (exact) mass is 412 g/mol. The Hall–Kier alpha value is -2.53. The van der Waals surface area contributed by atoms with Gasteiger partial charge in [-0.15, -0.1) is 23.1 Å². The minimum atomic E-state index is -1.29. The number of aromatic hydroxyl groups is 1. The Balaban J connectivity index is 1.69. The van der Waals surface area contributed by atoms with E-state index >= 15 is 0 Å². The van der Waals surface area contributed by atoms with Gasteiger partial charge in [-0.25, -0.2) is 4.79 Å². The fraction of sp³-hybridized carbons (Fsp3) is 0.375. The molecule has 0 spiro atoms. The highest BCUT2D eigenvalue weighted by Gasteiger charge is 2.54. The van der Waals surface area contributed by atoms with E-state index in [4.69, 9.17) is 4.74 Å². The van der Waals surface area contributed by atoms with Gasteiger partial charge in [0, 0.05) is 23.8 Å². The van der Waals surface area contributed by atoms with Gasteiger partial charge < -0.3 is 20.3 Å². The van der Waals surface area contributed by atoms with E-state index in [1.165, 1.54) is 18.7 Å². The first kappa shape index (κ1) is 19.2. The molecule has 3 heterocycles. The molecule has 0 aromatic carbocycles. The van der Waals surface area contributed by atoms with Crippen LogP contribution < -0.4 is 5.32 Å². The highest BCUT2D eigenvalue weighted by Crippen LogP contribution is 2.40. The fourth-order valence-corrected chi connectivity index (χ4v) is 4.82. The van der Waals surface area contributed by atoms with Crippen molar-refractivity contribution in [3.05, 3.63) is 28.3 Å². The summed E-state index contributed by atoms with van der Waals surface area (Å²) in [7, 11) is 0. The van der Waals surface area contributed by atoms with Crippen molar-refractivity contribution in [2.45, 2.75) is 24.8 Å². The van der Waals surface area contributed by atoms with Gasteiger partial charge in [-0.3, -0.25) is 19.3 Å². The van der Waals surface area contributed by atoms with Gasteiger partial charge in [0.2, 0.25) is 5.91 Å². The molecule has 2 atom stereocenters. The number of esters is 1. The van der Waals surface area contributed by atoms with Gasteiger partial charge in [-0.1, -0.05) is 0 Å². The topological polar surface area (TPSA) is 133 Å². The maximum atomic E-state index is 12.4. The zero-order valence-corrected chi connectivity index (χ0v) is 15.8. The molecule has 0 saturated carbocycles. The minimum Gasteiger partial charge on any atom is -0.499 e. The molecule has 2 aliphatic heterocycles. The second kappa shape index (κ2) is 7.61. The molecular formula is C16H16N2O7S2. The molecule has 0 radical (unpaired) electrons. The number of β-lactam (4-membered cyclic amide) rings is 1. The van der Waals surface area contributed by atoms with Gasteiger partial charge in [0.1, 0.15) is 23.7 Å². The molecule has 2 amide bonds. The number of hydrogen-bond donors (Lipinski definition) is 3. The molecule has 144 valence electrons. The Kier molecular flexibility index (Phi) is 5.42. The predicted molar refractivity (Wildman–Crippen MR) is 96.0 cm³/mol.